The van der Waals surface area contributed by atoms with Gasteiger partial charge in [0.2, 0.25) is 0 Å². The van der Waals surface area contributed by atoms with E-state index >= 15 is 0 Å². The Kier molecular flexibility index (Phi) is 4.02. The number of phenols is 1. The molecule has 0 amide bonds. The highest BCUT2D eigenvalue weighted by Gasteiger charge is 2.21. The van der Waals surface area contributed by atoms with E-state index in [9.17, 15) is 15.0 Å². The number of carbonyl (C=O) groups is 1. The van der Waals surface area contributed by atoms with Gasteiger partial charge in [0, 0.05) is 11.8 Å². The number of aliphatic imine (C=N–C) groups is 1. The normalized spacial score (nSPS) is 14.9. The average Bonchev–Trinajstić information content (AvgIpc) is 2.20. The lowest BCUT2D eigenvalue weighted by Gasteiger charge is -2.09. The summed E-state index contributed by atoms with van der Waals surface area (Å²) in [5.41, 5.74) is 0.411. The summed E-state index contributed by atoms with van der Waals surface area (Å²) in [6.45, 7) is 1.35. The second-order valence-electron chi connectivity index (χ2n) is 3.36. The molecule has 0 fully saturated rings. The zero-order chi connectivity index (χ0) is 12.1. The van der Waals surface area contributed by atoms with Crippen LogP contribution < -0.4 is 0 Å². The van der Waals surface area contributed by atoms with Gasteiger partial charge in [-0.05, 0) is 19.1 Å². The number of rotatable bonds is 4. The summed E-state index contributed by atoms with van der Waals surface area (Å²) in [5.74, 6) is -1.19. The van der Waals surface area contributed by atoms with Crippen molar-refractivity contribution in [2.24, 2.45) is 4.99 Å². The van der Waals surface area contributed by atoms with Crippen molar-refractivity contribution in [1.29, 1.82) is 0 Å². The summed E-state index contributed by atoms with van der Waals surface area (Å²) in [7, 11) is 0. The average molecular weight is 223 g/mol. The molecule has 0 aromatic heterocycles. The highest BCUT2D eigenvalue weighted by Crippen LogP contribution is 2.13. The Balaban J connectivity index is 2.87. The standard InChI is InChI=1S/C11H13NO4/c1-7(13)10(11(15)16)12-6-8-4-2-3-5-9(8)14/h2-7,10,13-14H,1H3,(H,15,16)/t7-,10+/m1/s1. The number of benzene rings is 1. The van der Waals surface area contributed by atoms with Gasteiger partial charge in [-0.1, -0.05) is 12.1 Å². The third-order valence-corrected chi connectivity index (χ3v) is 2.02. The number of carboxylic acids is 1. The van der Waals surface area contributed by atoms with Crippen molar-refractivity contribution in [1.82, 2.24) is 0 Å². The van der Waals surface area contributed by atoms with Gasteiger partial charge in [0.15, 0.2) is 6.04 Å². The molecule has 0 radical (unpaired) electrons. The first-order valence-electron chi connectivity index (χ1n) is 4.74. The molecule has 16 heavy (non-hydrogen) atoms. The highest BCUT2D eigenvalue weighted by atomic mass is 16.4. The van der Waals surface area contributed by atoms with Crippen LogP contribution in [-0.4, -0.2) is 39.6 Å². The zero-order valence-corrected chi connectivity index (χ0v) is 8.74. The lowest BCUT2D eigenvalue weighted by atomic mass is 10.2. The second kappa shape index (κ2) is 5.27. The van der Waals surface area contributed by atoms with Gasteiger partial charge in [-0.3, -0.25) is 4.99 Å². The van der Waals surface area contributed by atoms with Crippen LogP contribution in [0.2, 0.25) is 0 Å². The number of aliphatic hydroxyl groups excluding tert-OH is 1. The Morgan fingerprint density at radius 3 is 2.56 bits per heavy atom. The van der Waals surface area contributed by atoms with E-state index in [4.69, 9.17) is 5.11 Å². The van der Waals surface area contributed by atoms with Crippen LogP contribution in [0.4, 0.5) is 0 Å². The molecule has 0 saturated heterocycles. The molecule has 0 aliphatic carbocycles. The van der Waals surface area contributed by atoms with Gasteiger partial charge in [0.1, 0.15) is 5.75 Å². The second-order valence-corrected chi connectivity index (χ2v) is 3.36. The Morgan fingerprint density at radius 2 is 2.06 bits per heavy atom. The lowest BCUT2D eigenvalue weighted by molar-refractivity contribution is -0.140. The molecule has 0 saturated carbocycles. The van der Waals surface area contributed by atoms with Gasteiger partial charge in [-0.25, -0.2) is 4.79 Å². The van der Waals surface area contributed by atoms with Crippen LogP contribution in [-0.2, 0) is 4.79 Å². The van der Waals surface area contributed by atoms with Crippen LogP contribution in [0, 0.1) is 0 Å². The molecular formula is C11H13NO4. The molecule has 2 atom stereocenters. The van der Waals surface area contributed by atoms with Crippen molar-refractivity contribution in [3.63, 3.8) is 0 Å². The van der Waals surface area contributed by atoms with Crippen molar-refractivity contribution >= 4 is 12.2 Å². The molecule has 3 N–H and O–H groups in total. The van der Waals surface area contributed by atoms with E-state index in [2.05, 4.69) is 4.99 Å². The molecule has 0 aliphatic heterocycles. The summed E-state index contributed by atoms with van der Waals surface area (Å²) in [6.07, 6.45) is 0.153. The minimum Gasteiger partial charge on any atom is -0.507 e. The molecule has 5 nitrogen and oxygen atoms in total. The molecule has 0 unspecified atom stereocenters. The minimum absolute atomic E-state index is 0.0148. The Labute approximate surface area is 92.7 Å². The molecule has 1 aromatic carbocycles. The summed E-state index contributed by atoms with van der Waals surface area (Å²) in [5, 5.41) is 27.3. The minimum atomic E-state index is -1.22. The SMILES string of the molecule is C[C@@H](O)[C@H](N=Cc1ccccc1O)C(=O)O. The summed E-state index contributed by atoms with van der Waals surface area (Å²) in [6, 6.07) is 5.19. The van der Waals surface area contributed by atoms with E-state index in [0.717, 1.165) is 0 Å². The smallest absolute Gasteiger partial charge is 0.331 e. The summed E-state index contributed by atoms with van der Waals surface area (Å²) < 4.78 is 0. The van der Waals surface area contributed by atoms with Crippen LogP contribution in [0.15, 0.2) is 29.3 Å². The largest absolute Gasteiger partial charge is 0.507 e. The first-order chi connectivity index (χ1) is 7.52. The number of phenolic OH excluding ortho intramolecular Hbond substituents is 1. The maximum Gasteiger partial charge on any atom is 0.331 e. The predicted octanol–water partition coefficient (Wildman–Crippen LogP) is 0.645. The number of para-hydroxylation sites is 1. The lowest BCUT2D eigenvalue weighted by Crippen LogP contribution is -2.29. The number of carboxylic acid groups (broad SMARTS) is 1. The van der Waals surface area contributed by atoms with Gasteiger partial charge < -0.3 is 15.3 Å². The molecule has 86 valence electrons. The van der Waals surface area contributed by atoms with Gasteiger partial charge in [0.05, 0.1) is 6.10 Å². The molecular weight excluding hydrogens is 210 g/mol. The van der Waals surface area contributed by atoms with E-state index in [-0.39, 0.29) is 5.75 Å². The Hall–Kier alpha value is -1.88. The fourth-order valence-electron chi connectivity index (χ4n) is 1.15. The molecule has 1 rings (SSSR count). The van der Waals surface area contributed by atoms with Crippen molar-refractivity contribution in [3.8, 4) is 5.75 Å². The summed E-state index contributed by atoms with van der Waals surface area (Å²) in [4.78, 5) is 14.4. The van der Waals surface area contributed by atoms with E-state index < -0.39 is 18.1 Å². The van der Waals surface area contributed by atoms with Crippen LogP contribution >= 0.6 is 0 Å². The van der Waals surface area contributed by atoms with E-state index in [1.54, 1.807) is 18.2 Å². The van der Waals surface area contributed by atoms with E-state index in [1.165, 1.54) is 19.2 Å². The quantitative estimate of drug-likeness (QED) is 0.653. The number of hydrogen-bond acceptors (Lipinski definition) is 4. The molecule has 0 heterocycles. The van der Waals surface area contributed by atoms with Crippen molar-refractivity contribution < 1.29 is 20.1 Å². The third-order valence-electron chi connectivity index (χ3n) is 2.02. The number of nitrogens with zero attached hydrogens (tertiary/aromatic N) is 1. The van der Waals surface area contributed by atoms with Crippen LogP contribution in [0.1, 0.15) is 12.5 Å². The Morgan fingerprint density at radius 1 is 1.44 bits per heavy atom. The van der Waals surface area contributed by atoms with Gasteiger partial charge >= 0.3 is 5.97 Å². The first kappa shape index (κ1) is 12.2. The van der Waals surface area contributed by atoms with Crippen molar-refractivity contribution in [3.05, 3.63) is 29.8 Å². The third kappa shape index (κ3) is 3.06. The molecule has 0 spiro atoms. The first-order valence-corrected chi connectivity index (χ1v) is 4.74. The number of aliphatic hydroxyl groups is 1. The Bertz CT molecular complexity index is 401. The summed E-state index contributed by atoms with van der Waals surface area (Å²) >= 11 is 0. The molecule has 0 bridgehead atoms. The number of hydrogen-bond donors (Lipinski definition) is 3. The van der Waals surface area contributed by atoms with Crippen molar-refractivity contribution in [2.75, 3.05) is 0 Å². The fourth-order valence-corrected chi connectivity index (χ4v) is 1.15. The zero-order valence-electron chi connectivity index (χ0n) is 8.74. The van der Waals surface area contributed by atoms with Crippen LogP contribution in [0.3, 0.4) is 0 Å². The van der Waals surface area contributed by atoms with E-state index in [1.807, 2.05) is 0 Å². The number of aliphatic carboxylic acids is 1. The molecule has 1 aromatic rings. The van der Waals surface area contributed by atoms with Gasteiger partial charge in [-0.15, -0.1) is 0 Å². The fraction of sp³-hybridized carbons (Fsp3) is 0.273. The maximum atomic E-state index is 10.7. The van der Waals surface area contributed by atoms with E-state index in [0.29, 0.717) is 5.56 Å². The topological polar surface area (TPSA) is 90.1 Å². The van der Waals surface area contributed by atoms with Crippen LogP contribution in [0.5, 0.6) is 5.75 Å². The number of aromatic hydroxyl groups is 1. The van der Waals surface area contributed by atoms with Crippen molar-refractivity contribution in [2.45, 2.75) is 19.1 Å². The molecule has 5 heteroatoms. The maximum absolute atomic E-state index is 10.7. The van der Waals surface area contributed by atoms with Gasteiger partial charge in [0.25, 0.3) is 0 Å². The monoisotopic (exact) mass is 223 g/mol. The molecule has 0 aliphatic rings. The highest BCUT2D eigenvalue weighted by molar-refractivity contribution is 5.86. The predicted molar refractivity (Wildman–Crippen MR) is 58.8 cm³/mol. The van der Waals surface area contributed by atoms with Gasteiger partial charge in [-0.2, -0.15) is 0 Å². The van der Waals surface area contributed by atoms with Crippen LogP contribution in [0.25, 0.3) is 0 Å².